The number of pyridine rings is 1. The van der Waals surface area contributed by atoms with Crippen LogP contribution in [0.2, 0.25) is 10.0 Å². The third-order valence-corrected chi connectivity index (χ3v) is 8.73. The Morgan fingerprint density at radius 2 is 1.74 bits per heavy atom. The van der Waals surface area contributed by atoms with Gasteiger partial charge in [0, 0.05) is 66.7 Å². The molecule has 9 nitrogen and oxygen atoms in total. The summed E-state index contributed by atoms with van der Waals surface area (Å²) < 4.78 is 33.9. The molecule has 1 N–H and O–H groups in total. The number of ether oxygens (including phenoxy) is 1. The number of aliphatic carboxylic acids is 1. The lowest BCUT2D eigenvalue weighted by Crippen LogP contribution is -2.50. The molecule has 3 saturated heterocycles. The van der Waals surface area contributed by atoms with Gasteiger partial charge in [-0.2, -0.15) is 0 Å². The van der Waals surface area contributed by atoms with E-state index in [1.54, 1.807) is 30.6 Å². The number of piperidine rings is 1. The molecule has 0 aliphatic carbocycles. The number of hydrogen-bond donors (Lipinski definition) is 1. The molecule has 0 radical (unpaired) electrons. The summed E-state index contributed by atoms with van der Waals surface area (Å²) in [6.45, 7) is 3.65. The van der Waals surface area contributed by atoms with E-state index in [-0.39, 0.29) is 31.3 Å². The number of carboxylic acid groups (broad SMARTS) is 1. The van der Waals surface area contributed by atoms with Crippen LogP contribution in [0.3, 0.4) is 0 Å². The van der Waals surface area contributed by atoms with E-state index in [1.165, 1.54) is 0 Å². The summed E-state index contributed by atoms with van der Waals surface area (Å²) in [4.78, 5) is 30.8. The molecule has 0 saturated carbocycles. The fourth-order valence-electron chi connectivity index (χ4n) is 6.24. The summed E-state index contributed by atoms with van der Waals surface area (Å²) in [5, 5.41) is 10.1. The molecule has 2 aromatic heterocycles. The van der Waals surface area contributed by atoms with Gasteiger partial charge in [-0.3, -0.25) is 14.6 Å². The predicted molar refractivity (Wildman–Crippen MR) is 159 cm³/mol. The summed E-state index contributed by atoms with van der Waals surface area (Å²) in [6.07, 6.45) is 4.85. The zero-order valence-corrected chi connectivity index (χ0v) is 24.9. The Morgan fingerprint density at radius 3 is 2.44 bits per heavy atom. The normalized spacial score (nSPS) is 21.1. The summed E-state index contributed by atoms with van der Waals surface area (Å²) >= 11 is 12.6. The summed E-state index contributed by atoms with van der Waals surface area (Å²) in [5.41, 5.74) is 2.35. The van der Waals surface area contributed by atoms with Crippen molar-refractivity contribution in [1.29, 1.82) is 0 Å². The fraction of sp³-hybridized carbons (Fsp3) is 0.467. The van der Waals surface area contributed by atoms with Crippen molar-refractivity contribution >= 4 is 35.1 Å². The van der Waals surface area contributed by atoms with E-state index in [4.69, 9.17) is 38.0 Å². The highest BCUT2D eigenvalue weighted by atomic mass is 35.5. The number of benzene rings is 1. The number of rotatable bonds is 8. The van der Waals surface area contributed by atoms with Crippen LogP contribution in [0.1, 0.15) is 31.2 Å². The largest absolute Gasteiger partial charge is 0.481 e. The Hall–Kier alpha value is -3.12. The van der Waals surface area contributed by atoms with Crippen LogP contribution in [0.5, 0.6) is 11.6 Å². The van der Waals surface area contributed by atoms with Gasteiger partial charge in [-0.25, -0.2) is 23.7 Å². The van der Waals surface area contributed by atoms with E-state index in [9.17, 15) is 13.6 Å². The molecule has 1 unspecified atom stereocenters. The van der Waals surface area contributed by atoms with Crippen LogP contribution >= 0.6 is 23.2 Å². The van der Waals surface area contributed by atoms with Crippen LogP contribution in [0.4, 0.5) is 14.7 Å². The number of alkyl halides is 2. The molecule has 13 heteroatoms. The van der Waals surface area contributed by atoms with Crippen LogP contribution in [0.25, 0.3) is 11.3 Å². The minimum atomic E-state index is -2.65. The van der Waals surface area contributed by atoms with E-state index in [0.717, 1.165) is 37.1 Å². The highest BCUT2D eigenvalue weighted by molar-refractivity contribution is 6.35. The number of halogens is 4. The first kappa shape index (κ1) is 29.9. The molecule has 43 heavy (non-hydrogen) atoms. The van der Waals surface area contributed by atoms with Crippen LogP contribution in [0, 0.1) is 5.92 Å². The topological polar surface area (TPSA) is 94.9 Å². The van der Waals surface area contributed by atoms with Gasteiger partial charge in [0.2, 0.25) is 11.8 Å². The van der Waals surface area contributed by atoms with E-state index in [1.807, 2.05) is 21.9 Å². The van der Waals surface area contributed by atoms with Crippen molar-refractivity contribution in [3.63, 3.8) is 0 Å². The maximum absolute atomic E-state index is 13.9. The number of aromatic nitrogens is 3. The number of nitrogens with zero attached hydrogens (tertiary/aromatic N) is 6. The first-order valence-electron chi connectivity index (χ1n) is 14.4. The molecule has 3 aliphatic heterocycles. The molecule has 5 heterocycles. The zero-order valence-electron chi connectivity index (χ0n) is 23.4. The summed E-state index contributed by atoms with van der Waals surface area (Å²) in [6, 6.07) is 8.87. The Bertz CT molecular complexity index is 1450. The number of carbonyl (C=O) groups is 1. The van der Waals surface area contributed by atoms with Gasteiger partial charge in [-0.1, -0.05) is 23.2 Å². The maximum atomic E-state index is 13.9. The first-order chi connectivity index (χ1) is 20.6. The van der Waals surface area contributed by atoms with E-state index < -0.39 is 11.9 Å². The number of carboxylic acids is 1. The summed E-state index contributed by atoms with van der Waals surface area (Å²) in [7, 11) is 0. The SMILES string of the molecule is O=C(O)CC1CCN(Cc2cc(Oc3cnc(N4CCN5CC(F)(F)CC5C4)nc3)nc(-c3cc(Cl)cc(Cl)c3)c2)CC1. The number of fused-ring (bicyclic) bond motifs is 1. The fourth-order valence-corrected chi connectivity index (χ4v) is 6.76. The zero-order chi connectivity index (χ0) is 30.1. The van der Waals surface area contributed by atoms with Crippen molar-refractivity contribution in [2.45, 2.75) is 44.2 Å². The number of likely N-dealkylation sites (tertiary alicyclic amines) is 1. The average molecular weight is 634 g/mol. The summed E-state index contributed by atoms with van der Waals surface area (Å²) in [5.74, 6) is -1.99. The molecule has 3 aromatic rings. The van der Waals surface area contributed by atoms with Gasteiger partial charge >= 0.3 is 5.97 Å². The molecule has 0 amide bonds. The maximum Gasteiger partial charge on any atom is 0.303 e. The van der Waals surface area contributed by atoms with Crippen molar-refractivity contribution in [2.24, 2.45) is 5.92 Å². The lowest BCUT2D eigenvalue weighted by Gasteiger charge is -2.36. The third kappa shape index (κ3) is 7.52. The lowest BCUT2D eigenvalue weighted by atomic mass is 9.93. The van der Waals surface area contributed by atoms with Crippen LogP contribution in [-0.4, -0.2) is 87.1 Å². The second-order valence-corrected chi connectivity index (χ2v) is 12.5. The second-order valence-electron chi connectivity index (χ2n) is 11.6. The monoisotopic (exact) mass is 632 g/mol. The Kier molecular flexibility index (Phi) is 8.68. The quantitative estimate of drug-likeness (QED) is 0.328. The second kappa shape index (κ2) is 12.5. The number of hydrogen-bond acceptors (Lipinski definition) is 8. The Labute approximate surface area is 258 Å². The number of anilines is 1. The molecular formula is C30H32Cl2F2N6O3. The Morgan fingerprint density at radius 1 is 1.02 bits per heavy atom. The van der Waals surface area contributed by atoms with Gasteiger partial charge in [0.1, 0.15) is 0 Å². The lowest BCUT2D eigenvalue weighted by molar-refractivity contribution is -0.138. The van der Waals surface area contributed by atoms with Gasteiger partial charge in [0.05, 0.1) is 24.6 Å². The molecule has 1 atom stereocenters. The van der Waals surface area contributed by atoms with Crippen LogP contribution in [-0.2, 0) is 11.3 Å². The van der Waals surface area contributed by atoms with Crippen molar-refractivity contribution in [2.75, 3.05) is 44.2 Å². The molecule has 0 bridgehead atoms. The van der Waals surface area contributed by atoms with Gasteiger partial charge in [0.15, 0.2) is 5.75 Å². The van der Waals surface area contributed by atoms with E-state index in [0.29, 0.717) is 59.5 Å². The van der Waals surface area contributed by atoms with E-state index >= 15 is 0 Å². The van der Waals surface area contributed by atoms with Crippen LogP contribution in [0.15, 0.2) is 42.7 Å². The van der Waals surface area contributed by atoms with Crippen molar-refractivity contribution in [3.8, 4) is 22.9 Å². The van der Waals surface area contributed by atoms with Gasteiger partial charge in [-0.05, 0) is 61.7 Å². The average Bonchev–Trinajstić information content (AvgIpc) is 3.26. The first-order valence-corrected chi connectivity index (χ1v) is 15.1. The van der Waals surface area contributed by atoms with Crippen molar-refractivity contribution in [1.82, 2.24) is 24.8 Å². The highest BCUT2D eigenvalue weighted by Gasteiger charge is 2.47. The molecule has 3 fully saturated rings. The molecule has 6 rings (SSSR count). The molecular weight excluding hydrogens is 601 g/mol. The minimum absolute atomic E-state index is 0.146. The van der Waals surface area contributed by atoms with E-state index in [2.05, 4.69) is 14.9 Å². The molecule has 228 valence electrons. The van der Waals surface area contributed by atoms with Crippen molar-refractivity contribution in [3.05, 3.63) is 58.3 Å². The Balaban J connectivity index is 1.18. The predicted octanol–water partition coefficient (Wildman–Crippen LogP) is 5.85. The van der Waals surface area contributed by atoms with Gasteiger partial charge < -0.3 is 14.7 Å². The molecule has 3 aliphatic rings. The van der Waals surface area contributed by atoms with Gasteiger partial charge in [-0.15, -0.1) is 0 Å². The number of piperazine rings is 1. The minimum Gasteiger partial charge on any atom is -0.481 e. The molecule has 0 spiro atoms. The third-order valence-electron chi connectivity index (χ3n) is 8.29. The van der Waals surface area contributed by atoms with Crippen LogP contribution < -0.4 is 9.64 Å². The van der Waals surface area contributed by atoms with Gasteiger partial charge in [0.25, 0.3) is 5.92 Å². The highest BCUT2D eigenvalue weighted by Crippen LogP contribution is 2.35. The smallest absolute Gasteiger partial charge is 0.303 e. The standard InChI is InChI=1S/C30H32Cl2F2N6O3/c31-22-10-21(11-23(32)12-22)26-7-20(16-38-3-1-19(2-4-38)9-28(41)42)8-27(37-26)43-25-14-35-29(36-15-25)39-5-6-40-18-30(33,34)13-24(40)17-39/h7-8,10-12,14-15,19,24H,1-6,9,13,16-18H2,(H,41,42). The molecule has 1 aromatic carbocycles. The van der Waals surface area contributed by atoms with Crippen molar-refractivity contribution < 1.29 is 23.4 Å².